The van der Waals surface area contributed by atoms with E-state index in [1.165, 1.54) is 4.68 Å². The number of aromatic nitrogens is 4. The van der Waals surface area contributed by atoms with Gasteiger partial charge in [-0.3, -0.25) is 14.8 Å². The molecule has 0 saturated carbocycles. The first-order chi connectivity index (χ1) is 11.0. The lowest BCUT2D eigenvalue weighted by Gasteiger charge is -2.03. The highest BCUT2D eigenvalue weighted by molar-refractivity contribution is 6.03. The Bertz CT molecular complexity index is 867. The van der Waals surface area contributed by atoms with E-state index in [1.807, 2.05) is 0 Å². The van der Waals surface area contributed by atoms with Crippen molar-refractivity contribution in [2.45, 2.75) is 6.92 Å². The minimum Gasteiger partial charge on any atom is -0.401 e. The minimum atomic E-state index is -1.02. The number of rotatable bonds is 3. The van der Waals surface area contributed by atoms with E-state index >= 15 is 0 Å². The van der Waals surface area contributed by atoms with Crippen molar-refractivity contribution in [1.29, 1.82) is 0 Å². The summed E-state index contributed by atoms with van der Waals surface area (Å²) in [6.45, 7) is 1.80. The first kappa shape index (κ1) is 14.8. The van der Waals surface area contributed by atoms with Crippen LogP contribution in [0.4, 0.5) is 14.8 Å². The number of hydrogen-bond donors (Lipinski definition) is 1. The minimum absolute atomic E-state index is 0.123. The molecule has 0 saturated heterocycles. The van der Waals surface area contributed by atoms with Crippen molar-refractivity contribution in [3.63, 3.8) is 0 Å². The Morgan fingerprint density at radius 3 is 2.57 bits per heavy atom. The highest BCUT2D eigenvalue weighted by Crippen LogP contribution is 2.21. The maximum atomic E-state index is 13.6. The quantitative estimate of drug-likeness (QED) is 0.800. The fraction of sp³-hybridized carbons (Fsp3) is 0.143. The van der Waals surface area contributed by atoms with Gasteiger partial charge in [-0.2, -0.15) is 5.10 Å². The summed E-state index contributed by atoms with van der Waals surface area (Å²) in [7, 11) is 1.69. The molecule has 0 aliphatic carbocycles. The van der Waals surface area contributed by atoms with Crippen LogP contribution >= 0.6 is 0 Å². The first-order valence-corrected chi connectivity index (χ1v) is 6.55. The zero-order valence-electron chi connectivity index (χ0n) is 12.2. The SMILES string of the molecule is Cc1cc(-c2nnc(NC(=O)c3c(F)cccc3F)o2)n(C)n1. The first-order valence-electron chi connectivity index (χ1n) is 6.55. The zero-order valence-corrected chi connectivity index (χ0v) is 12.2. The summed E-state index contributed by atoms with van der Waals surface area (Å²) >= 11 is 0. The van der Waals surface area contributed by atoms with Crippen molar-refractivity contribution in [2.24, 2.45) is 7.05 Å². The second kappa shape index (κ2) is 5.59. The number of halogens is 2. The number of anilines is 1. The highest BCUT2D eigenvalue weighted by Gasteiger charge is 2.20. The number of amides is 1. The average Bonchev–Trinajstić information content (AvgIpc) is 3.05. The lowest BCUT2D eigenvalue weighted by atomic mass is 10.2. The van der Waals surface area contributed by atoms with Crippen LogP contribution in [0.1, 0.15) is 16.1 Å². The van der Waals surface area contributed by atoms with Crippen molar-refractivity contribution in [3.8, 4) is 11.6 Å². The number of hydrogen-bond acceptors (Lipinski definition) is 5. The van der Waals surface area contributed by atoms with Gasteiger partial charge in [0.1, 0.15) is 22.9 Å². The van der Waals surface area contributed by atoms with Crippen molar-refractivity contribution in [1.82, 2.24) is 20.0 Å². The van der Waals surface area contributed by atoms with E-state index in [9.17, 15) is 13.6 Å². The summed E-state index contributed by atoms with van der Waals surface area (Å²) in [6.07, 6.45) is 0. The summed E-state index contributed by atoms with van der Waals surface area (Å²) in [5.74, 6) is -2.86. The third-order valence-corrected chi connectivity index (χ3v) is 3.06. The molecule has 9 heteroatoms. The van der Waals surface area contributed by atoms with Crippen LogP contribution < -0.4 is 5.32 Å². The van der Waals surface area contributed by atoms with Crippen molar-refractivity contribution < 1.29 is 18.0 Å². The molecule has 2 aromatic heterocycles. The molecule has 3 aromatic rings. The van der Waals surface area contributed by atoms with Crippen LogP contribution in [0.3, 0.4) is 0 Å². The van der Waals surface area contributed by atoms with E-state index in [2.05, 4.69) is 20.6 Å². The Labute approximate surface area is 128 Å². The van der Waals surface area contributed by atoms with E-state index in [-0.39, 0.29) is 11.9 Å². The molecule has 3 rings (SSSR count). The van der Waals surface area contributed by atoms with E-state index in [4.69, 9.17) is 4.42 Å². The number of carbonyl (C=O) groups is 1. The molecule has 0 unspecified atom stereocenters. The molecule has 0 radical (unpaired) electrons. The third-order valence-electron chi connectivity index (χ3n) is 3.06. The maximum absolute atomic E-state index is 13.6. The van der Waals surface area contributed by atoms with Gasteiger partial charge in [-0.05, 0) is 25.1 Å². The van der Waals surface area contributed by atoms with Gasteiger partial charge >= 0.3 is 6.01 Å². The average molecular weight is 319 g/mol. The predicted molar refractivity (Wildman–Crippen MR) is 75.5 cm³/mol. The Kier molecular flexibility index (Phi) is 3.61. The van der Waals surface area contributed by atoms with Crippen molar-refractivity contribution >= 4 is 11.9 Å². The molecule has 1 amide bonds. The summed E-state index contributed by atoms with van der Waals surface area (Å²) in [6, 6.07) is 4.57. The van der Waals surface area contributed by atoms with E-state index in [1.54, 1.807) is 20.0 Å². The lowest BCUT2D eigenvalue weighted by Crippen LogP contribution is -2.16. The van der Waals surface area contributed by atoms with Crippen LogP contribution in [0.25, 0.3) is 11.6 Å². The maximum Gasteiger partial charge on any atom is 0.322 e. The van der Waals surface area contributed by atoms with Gasteiger partial charge in [0.05, 0.1) is 5.69 Å². The van der Waals surface area contributed by atoms with Crippen LogP contribution in [0, 0.1) is 18.6 Å². The standard InChI is InChI=1S/C14H11F2N5O2/c1-7-6-10(21(2)20-7)13-18-19-14(23-13)17-12(22)11-8(15)4-3-5-9(11)16/h3-6H,1-2H3,(H,17,19,22). The van der Waals surface area contributed by atoms with E-state index in [0.29, 0.717) is 5.69 Å². The number of aryl methyl sites for hydroxylation is 2. The Hall–Kier alpha value is -3.10. The van der Waals surface area contributed by atoms with Crippen molar-refractivity contribution in [3.05, 3.63) is 47.2 Å². The molecule has 0 fully saturated rings. The number of benzene rings is 1. The third kappa shape index (κ3) is 2.80. The molecule has 2 heterocycles. The molecule has 23 heavy (non-hydrogen) atoms. The fourth-order valence-corrected chi connectivity index (χ4v) is 2.06. The molecule has 0 spiro atoms. The number of nitrogens with one attached hydrogen (secondary N) is 1. The summed E-state index contributed by atoms with van der Waals surface area (Å²) in [4.78, 5) is 11.9. The Morgan fingerprint density at radius 2 is 1.96 bits per heavy atom. The van der Waals surface area contributed by atoms with Gasteiger partial charge in [0.25, 0.3) is 11.8 Å². The van der Waals surface area contributed by atoms with Crippen LogP contribution in [0.2, 0.25) is 0 Å². The van der Waals surface area contributed by atoms with Gasteiger partial charge in [0.2, 0.25) is 0 Å². The molecule has 7 nitrogen and oxygen atoms in total. The van der Waals surface area contributed by atoms with Gasteiger partial charge in [0, 0.05) is 7.05 Å². The van der Waals surface area contributed by atoms with Crippen LogP contribution in [-0.4, -0.2) is 25.9 Å². The second-order valence-corrected chi connectivity index (χ2v) is 4.76. The molecule has 118 valence electrons. The number of carbonyl (C=O) groups excluding carboxylic acids is 1. The molecule has 0 atom stereocenters. The molecular formula is C14H11F2N5O2. The summed E-state index contributed by atoms with van der Waals surface area (Å²) in [5.41, 5.74) is 0.580. The molecule has 1 aromatic carbocycles. The molecule has 0 aliphatic heterocycles. The molecule has 1 N–H and O–H groups in total. The van der Waals surface area contributed by atoms with Gasteiger partial charge in [-0.25, -0.2) is 8.78 Å². The van der Waals surface area contributed by atoms with E-state index < -0.39 is 23.1 Å². The van der Waals surface area contributed by atoms with Gasteiger partial charge in [-0.15, -0.1) is 5.10 Å². The number of nitrogens with zero attached hydrogens (tertiary/aromatic N) is 4. The lowest BCUT2D eigenvalue weighted by molar-refractivity contribution is 0.101. The Balaban J connectivity index is 1.85. The molecule has 0 aliphatic rings. The van der Waals surface area contributed by atoms with Crippen LogP contribution in [0.15, 0.2) is 28.7 Å². The smallest absolute Gasteiger partial charge is 0.322 e. The van der Waals surface area contributed by atoms with Crippen LogP contribution in [0.5, 0.6) is 0 Å². The van der Waals surface area contributed by atoms with Gasteiger partial charge < -0.3 is 4.42 Å². The Morgan fingerprint density at radius 1 is 1.26 bits per heavy atom. The summed E-state index contributed by atoms with van der Waals surface area (Å²) < 4.78 is 33.9. The monoisotopic (exact) mass is 319 g/mol. The summed E-state index contributed by atoms with van der Waals surface area (Å²) in [5, 5.41) is 13.7. The van der Waals surface area contributed by atoms with E-state index in [0.717, 1.165) is 23.9 Å². The zero-order chi connectivity index (χ0) is 16.6. The van der Waals surface area contributed by atoms with Crippen LogP contribution in [-0.2, 0) is 7.05 Å². The van der Waals surface area contributed by atoms with Crippen molar-refractivity contribution in [2.75, 3.05) is 5.32 Å². The fourth-order valence-electron chi connectivity index (χ4n) is 2.06. The molecular weight excluding hydrogens is 308 g/mol. The predicted octanol–water partition coefficient (Wildman–Crippen LogP) is 2.31. The molecule has 0 bridgehead atoms. The topological polar surface area (TPSA) is 85.8 Å². The van der Waals surface area contributed by atoms with Gasteiger partial charge in [-0.1, -0.05) is 11.2 Å². The largest absolute Gasteiger partial charge is 0.401 e. The normalized spacial score (nSPS) is 10.8. The highest BCUT2D eigenvalue weighted by atomic mass is 19.1. The van der Waals surface area contributed by atoms with Gasteiger partial charge in [0.15, 0.2) is 0 Å². The second-order valence-electron chi connectivity index (χ2n) is 4.76.